The summed E-state index contributed by atoms with van der Waals surface area (Å²) in [5, 5.41) is 0.154. The topological polar surface area (TPSA) is 42.9 Å². The predicted molar refractivity (Wildman–Crippen MR) is 70.5 cm³/mol. The van der Waals surface area contributed by atoms with Gasteiger partial charge in [-0.2, -0.15) is 0 Å². The van der Waals surface area contributed by atoms with E-state index in [9.17, 15) is 4.79 Å². The molecule has 1 aromatic carbocycles. The van der Waals surface area contributed by atoms with Gasteiger partial charge in [0.1, 0.15) is 11.5 Å². The fourth-order valence-corrected chi connectivity index (χ4v) is 1.92. The van der Waals surface area contributed by atoms with Crippen molar-refractivity contribution in [2.24, 2.45) is 0 Å². The lowest BCUT2D eigenvalue weighted by Gasteiger charge is -2.07. The molecule has 0 fully saturated rings. The van der Waals surface area contributed by atoms with Gasteiger partial charge in [-0.05, 0) is 13.0 Å². The van der Waals surface area contributed by atoms with E-state index in [0.29, 0.717) is 16.4 Å². The number of carbonyl (C=O) groups is 1. The zero-order valence-electron chi connectivity index (χ0n) is 9.01. The number of aromatic nitrogens is 2. The Morgan fingerprint density at radius 2 is 2.00 bits per heavy atom. The molecule has 0 N–H and O–H groups in total. The molecule has 0 spiro atoms. The number of halogens is 1. The summed E-state index contributed by atoms with van der Waals surface area (Å²) < 4.78 is 0. The largest absolute Gasteiger partial charge is 0.280 e. The smallest absolute Gasteiger partial charge is 0.235 e. The maximum absolute atomic E-state index is 11.4. The minimum Gasteiger partial charge on any atom is -0.280 e. The maximum Gasteiger partial charge on any atom is 0.235 e. The van der Waals surface area contributed by atoms with Crippen LogP contribution in [0.1, 0.15) is 16.3 Å². The van der Waals surface area contributed by atoms with E-state index < -0.39 is 5.12 Å². The number of hydrogen-bond acceptors (Lipinski definition) is 3. The van der Waals surface area contributed by atoms with Gasteiger partial charge in [0.05, 0.1) is 0 Å². The summed E-state index contributed by atoms with van der Waals surface area (Å²) >= 11 is 9.90. The third kappa shape index (κ3) is 2.48. The van der Waals surface area contributed by atoms with E-state index in [1.165, 1.54) is 0 Å². The number of aryl methyl sites for hydroxylation is 1. The summed E-state index contributed by atoms with van der Waals surface area (Å²) in [6.07, 6.45) is 1.59. The average molecular weight is 265 g/mol. The number of thiol groups is 1. The van der Waals surface area contributed by atoms with Gasteiger partial charge in [0, 0.05) is 22.3 Å². The van der Waals surface area contributed by atoms with Gasteiger partial charge >= 0.3 is 0 Å². The zero-order chi connectivity index (χ0) is 12.4. The molecule has 17 heavy (non-hydrogen) atoms. The van der Waals surface area contributed by atoms with Gasteiger partial charge in [-0.15, -0.1) is 0 Å². The van der Waals surface area contributed by atoms with E-state index in [1.54, 1.807) is 19.2 Å². The lowest BCUT2D eigenvalue weighted by atomic mass is 10.1. The van der Waals surface area contributed by atoms with Crippen LogP contribution in [0.3, 0.4) is 0 Å². The predicted octanol–water partition coefficient (Wildman–Crippen LogP) is 3.18. The fraction of sp³-hybridized carbons (Fsp3) is 0.0833. The van der Waals surface area contributed by atoms with Crippen LogP contribution in [0.2, 0.25) is 5.02 Å². The van der Waals surface area contributed by atoms with Crippen molar-refractivity contribution < 1.29 is 4.79 Å². The number of benzene rings is 1. The normalized spacial score (nSPS) is 10.3. The Balaban J connectivity index is 2.68. The molecule has 1 heterocycles. The van der Waals surface area contributed by atoms with E-state index in [-0.39, 0.29) is 5.69 Å². The molecule has 0 saturated carbocycles. The van der Waals surface area contributed by atoms with Gasteiger partial charge in [-0.25, -0.2) is 9.97 Å². The third-order valence-electron chi connectivity index (χ3n) is 2.28. The minimum atomic E-state index is -0.398. The Morgan fingerprint density at radius 1 is 1.29 bits per heavy atom. The first-order valence-corrected chi connectivity index (χ1v) is 5.74. The number of carbonyl (C=O) groups excluding carboxylic acids is 1. The van der Waals surface area contributed by atoms with Crippen LogP contribution in [0, 0.1) is 6.92 Å². The van der Waals surface area contributed by atoms with Crippen molar-refractivity contribution in [3.8, 4) is 11.1 Å². The number of nitrogens with zero attached hydrogens (tertiary/aromatic N) is 2. The van der Waals surface area contributed by atoms with Crippen molar-refractivity contribution in [3.63, 3.8) is 0 Å². The summed E-state index contributed by atoms with van der Waals surface area (Å²) in [5.41, 5.74) is 1.60. The average Bonchev–Trinajstić information content (AvgIpc) is 2.30. The molecular formula is C12H9ClN2OS. The quantitative estimate of drug-likeness (QED) is 0.847. The molecule has 0 radical (unpaired) electrons. The van der Waals surface area contributed by atoms with Gasteiger partial charge in [0.25, 0.3) is 0 Å². The minimum absolute atomic E-state index is 0.272. The highest BCUT2D eigenvalue weighted by molar-refractivity contribution is 7.97. The first-order chi connectivity index (χ1) is 8.09. The van der Waals surface area contributed by atoms with Crippen molar-refractivity contribution in [1.29, 1.82) is 0 Å². The Kier molecular flexibility index (Phi) is 3.45. The van der Waals surface area contributed by atoms with Crippen LogP contribution in [0.15, 0.2) is 30.5 Å². The third-order valence-corrected chi connectivity index (χ3v) is 2.82. The van der Waals surface area contributed by atoms with Crippen LogP contribution < -0.4 is 0 Å². The molecule has 0 unspecified atom stereocenters. The van der Waals surface area contributed by atoms with E-state index in [0.717, 1.165) is 5.56 Å². The van der Waals surface area contributed by atoms with Crippen LogP contribution in [0.5, 0.6) is 0 Å². The van der Waals surface area contributed by atoms with Gasteiger partial charge in [-0.3, -0.25) is 4.79 Å². The highest BCUT2D eigenvalue weighted by Crippen LogP contribution is 2.29. The zero-order valence-corrected chi connectivity index (χ0v) is 10.7. The van der Waals surface area contributed by atoms with Crippen molar-refractivity contribution in [3.05, 3.63) is 47.0 Å². The van der Waals surface area contributed by atoms with Crippen LogP contribution in [0.25, 0.3) is 11.1 Å². The van der Waals surface area contributed by atoms with Crippen molar-refractivity contribution in [2.75, 3.05) is 0 Å². The molecule has 5 heteroatoms. The molecule has 3 nitrogen and oxygen atoms in total. The molecule has 0 aliphatic rings. The molecule has 0 saturated heterocycles. The number of hydrogen-bond donors (Lipinski definition) is 1. The van der Waals surface area contributed by atoms with E-state index in [1.807, 2.05) is 18.2 Å². The van der Waals surface area contributed by atoms with E-state index in [4.69, 9.17) is 11.6 Å². The fourth-order valence-electron chi connectivity index (χ4n) is 1.51. The van der Waals surface area contributed by atoms with Crippen LogP contribution in [-0.2, 0) is 0 Å². The van der Waals surface area contributed by atoms with Gasteiger partial charge in [0.2, 0.25) is 5.12 Å². The number of rotatable bonds is 2. The Morgan fingerprint density at radius 3 is 2.65 bits per heavy atom. The summed E-state index contributed by atoms with van der Waals surface area (Å²) in [5.74, 6) is 0.526. The van der Waals surface area contributed by atoms with E-state index in [2.05, 4.69) is 22.6 Å². The molecule has 0 aliphatic carbocycles. The second-order valence-corrected chi connectivity index (χ2v) is 4.28. The molecule has 0 atom stereocenters. The Hall–Kier alpha value is -1.39. The first-order valence-electron chi connectivity index (χ1n) is 4.91. The summed E-state index contributed by atoms with van der Waals surface area (Å²) in [7, 11) is 0. The second kappa shape index (κ2) is 4.85. The summed E-state index contributed by atoms with van der Waals surface area (Å²) in [6.45, 7) is 1.72. The molecule has 0 aliphatic heterocycles. The van der Waals surface area contributed by atoms with Gasteiger partial charge in [0.15, 0.2) is 0 Å². The summed E-state index contributed by atoms with van der Waals surface area (Å²) in [6, 6.07) is 7.23. The van der Waals surface area contributed by atoms with Gasteiger partial charge in [-0.1, -0.05) is 42.4 Å². The lowest BCUT2D eigenvalue weighted by Crippen LogP contribution is -2.02. The SMILES string of the molecule is Cc1ncc(-c2ccccc2Cl)c(C(=O)S)n1. The van der Waals surface area contributed by atoms with Crippen molar-refractivity contribution >= 4 is 29.3 Å². The van der Waals surface area contributed by atoms with Crippen LogP contribution >= 0.6 is 24.2 Å². The highest BCUT2D eigenvalue weighted by atomic mass is 35.5. The van der Waals surface area contributed by atoms with Gasteiger partial charge < -0.3 is 0 Å². The second-order valence-electron chi connectivity index (χ2n) is 3.46. The molecule has 0 bridgehead atoms. The van der Waals surface area contributed by atoms with Crippen LogP contribution in [0.4, 0.5) is 0 Å². The molecule has 2 aromatic rings. The molecule has 2 rings (SSSR count). The maximum atomic E-state index is 11.4. The van der Waals surface area contributed by atoms with E-state index >= 15 is 0 Å². The van der Waals surface area contributed by atoms with Crippen LogP contribution in [-0.4, -0.2) is 15.1 Å². The standard InChI is InChI=1S/C12H9ClN2OS/c1-7-14-6-9(11(15-7)12(16)17)8-4-2-3-5-10(8)13/h2-6H,1H3,(H,16,17). The summed E-state index contributed by atoms with van der Waals surface area (Å²) in [4.78, 5) is 19.6. The van der Waals surface area contributed by atoms with Crippen molar-refractivity contribution in [2.45, 2.75) is 6.92 Å². The molecule has 1 aromatic heterocycles. The Labute approximate surface area is 109 Å². The highest BCUT2D eigenvalue weighted by Gasteiger charge is 2.14. The van der Waals surface area contributed by atoms with Crippen molar-refractivity contribution in [1.82, 2.24) is 9.97 Å². The molecular weight excluding hydrogens is 256 g/mol. The molecule has 86 valence electrons. The molecule has 0 amide bonds. The lowest BCUT2D eigenvalue weighted by molar-refractivity contribution is 0.108. The Bertz CT molecular complexity index is 586. The monoisotopic (exact) mass is 264 g/mol. The first kappa shape index (κ1) is 12.1.